The molecule has 6 heteroatoms. The lowest BCUT2D eigenvalue weighted by Gasteiger charge is -2.40. The molecule has 2 fully saturated rings. The molecule has 162 valence electrons. The summed E-state index contributed by atoms with van der Waals surface area (Å²) in [5, 5.41) is 40.4. The van der Waals surface area contributed by atoms with Crippen LogP contribution in [0.2, 0.25) is 0 Å². The molecule has 0 aromatic heterocycles. The summed E-state index contributed by atoms with van der Waals surface area (Å²) >= 11 is 0. The Morgan fingerprint density at radius 1 is 0.900 bits per heavy atom. The minimum Gasteiger partial charge on any atom is -0.396 e. The Bertz CT molecular complexity index is 864. The Morgan fingerprint density at radius 2 is 1.60 bits per heavy atom. The highest BCUT2D eigenvalue weighted by atomic mass is 19.3. The number of aliphatic hydroxyl groups excluding tert-OH is 4. The number of aliphatic hydroxyl groups is 4. The molecule has 4 rings (SSSR count). The molecule has 0 radical (unpaired) electrons. The van der Waals surface area contributed by atoms with Crippen LogP contribution in [0.15, 0.2) is 42.5 Å². The van der Waals surface area contributed by atoms with E-state index in [-0.39, 0.29) is 12.2 Å². The predicted molar refractivity (Wildman–Crippen MR) is 109 cm³/mol. The van der Waals surface area contributed by atoms with Gasteiger partial charge < -0.3 is 20.4 Å². The summed E-state index contributed by atoms with van der Waals surface area (Å²) in [6.07, 6.45) is -2.84. The maximum Gasteiger partial charge on any atom is 0.263 e. The quantitative estimate of drug-likeness (QED) is 0.581. The van der Waals surface area contributed by atoms with E-state index < -0.39 is 36.6 Å². The standard InChI is InChI=1S/C24H28F2O4/c25-24(26)15-3-1-13(2-4-15)9-17-10-16(7-8-19(17)14-5-6-14)20-11-18(12-27)21(28)23(30)22(20)29/h1-4,7-8,10,14,18,20-24,27-30H,5-6,9,11-12H2/t18-,20+,21-,22+,23+/m1/s1. The minimum absolute atomic E-state index is 0.00263. The molecule has 0 saturated heterocycles. The normalized spacial score (nSPS) is 29.4. The summed E-state index contributed by atoms with van der Waals surface area (Å²) in [5.41, 5.74) is 4.12. The first-order valence-electron chi connectivity index (χ1n) is 10.5. The van der Waals surface area contributed by atoms with Gasteiger partial charge in [-0.25, -0.2) is 8.78 Å². The molecule has 0 spiro atoms. The third-order valence-electron chi connectivity index (χ3n) is 6.62. The van der Waals surface area contributed by atoms with Crippen LogP contribution in [0.3, 0.4) is 0 Å². The second kappa shape index (κ2) is 8.71. The van der Waals surface area contributed by atoms with Gasteiger partial charge in [-0.15, -0.1) is 0 Å². The fourth-order valence-electron chi connectivity index (χ4n) is 4.64. The molecule has 4 nitrogen and oxygen atoms in total. The van der Waals surface area contributed by atoms with Crippen molar-refractivity contribution in [3.63, 3.8) is 0 Å². The van der Waals surface area contributed by atoms with E-state index >= 15 is 0 Å². The van der Waals surface area contributed by atoms with Crippen molar-refractivity contribution < 1.29 is 29.2 Å². The molecular weight excluding hydrogens is 390 g/mol. The van der Waals surface area contributed by atoms with Gasteiger partial charge in [0.05, 0.1) is 12.2 Å². The summed E-state index contributed by atoms with van der Waals surface area (Å²) in [7, 11) is 0. The van der Waals surface area contributed by atoms with Gasteiger partial charge in [0, 0.05) is 24.0 Å². The van der Waals surface area contributed by atoms with Crippen molar-refractivity contribution in [1.29, 1.82) is 0 Å². The molecule has 2 aliphatic carbocycles. The van der Waals surface area contributed by atoms with Crippen molar-refractivity contribution >= 4 is 0 Å². The van der Waals surface area contributed by atoms with Gasteiger partial charge in [0.1, 0.15) is 6.10 Å². The first kappa shape index (κ1) is 21.4. The Kier molecular flexibility index (Phi) is 6.21. The number of hydrogen-bond acceptors (Lipinski definition) is 4. The van der Waals surface area contributed by atoms with Gasteiger partial charge in [0.15, 0.2) is 0 Å². The van der Waals surface area contributed by atoms with Crippen LogP contribution in [0.25, 0.3) is 0 Å². The van der Waals surface area contributed by atoms with E-state index in [2.05, 4.69) is 6.07 Å². The van der Waals surface area contributed by atoms with E-state index in [1.165, 1.54) is 17.7 Å². The summed E-state index contributed by atoms with van der Waals surface area (Å²) in [4.78, 5) is 0. The highest BCUT2D eigenvalue weighted by molar-refractivity contribution is 5.42. The highest BCUT2D eigenvalue weighted by Gasteiger charge is 2.43. The number of rotatable bonds is 6. The van der Waals surface area contributed by atoms with Gasteiger partial charge >= 0.3 is 0 Å². The molecule has 5 atom stereocenters. The fourth-order valence-corrected chi connectivity index (χ4v) is 4.64. The molecule has 2 aromatic carbocycles. The average molecular weight is 418 g/mol. The molecule has 0 unspecified atom stereocenters. The average Bonchev–Trinajstić information content (AvgIpc) is 3.58. The van der Waals surface area contributed by atoms with Crippen molar-refractivity contribution in [3.05, 3.63) is 70.3 Å². The van der Waals surface area contributed by atoms with Gasteiger partial charge in [0.2, 0.25) is 0 Å². The van der Waals surface area contributed by atoms with Gasteiger partial charge in [-0.3, -0.25) is 0 Å². The van der Waals surface area contributed by atoms with E-state index in [9.17, 15) is 29.2 Å². The van der Waals surface area contributed by atoms with Crippen LogP contribution in [-0.2, 0) is 6.42 Å². The summed E-state index contributed by atoms with van der Waals surface area (Å²) in [5.74, 6) is -0.390. The number of halogens is 2. The van der Waals surface area contributed by atoms with Crippen LogP contribution in [0.4, 0.5) is 8.78 Å². The fraction of sp³-hybridized carbons (Fsp3) is 0.500. The van der Waals surface area contributed by atoms with Crippen molar-refractivity contribution in [2.45, 2.75) is 62.3 Å². The Labute approximate surface area is 174 Å². The SMILES string of the molecule is OC[C@H]1C[C@@H](c2ccc(C3CC3)c(Cc3ccc(C(F)F)cc3)c2)[C@H](O)[C@@H](O)[C@@H]1O. The Hall–Kier alpha value is -1.86. The maximum atomic E-state index is 12.8. The molecule has 2 saturated carbocycles. The number of hydrogen-bond donors (Lipinski definition) is 4. The molecular formula is C24H28F2O4. The minimum atomic E-state index is -2.49. The number of alkyl halides is 2. The van der Waals surface area contributed by atoms with E-state index in [0.29, 0.717) is 18.8 Å². The summed E-state index contributed by atoms with van der Waals surface area (Å²) < 4.78 is 25.7. The predicted octanol–water partition coefficient (Wildman–Crippen LogP) is 3.27. The third kappa shape index (κ3) is 4.28. The summed E-state index contributed by atoms with van der Waals surface area (Å²) in [6.45, 7) is -0.259. The summed E-state index contributed by atoms with van der Waals surface area (Å²) in [6, 6.07) is 12.4. The maximum absolute atomic E-state index is 12.8. The first-order valence-corrected chi connectivity index (χ1v) is 10.5. The largest absolute Gasteiger partial charge is 0.396 e. The van der Waals surface area contributed by atoms with Crippen molar-refractivity contribution in [2.75, 3.05) is 6.61 Å². The second-order valence-corrected chi connectivity index (χ2v) is 8.71. The molecule has 4 N–H and O–H groups in total. The zero-order valence-electron chi connectivity index (χ0n) is 16.7. The van der Waals surface area contributed by atoms with Gasteiger partial charge in [-0.05, 0) is 53.9 Å². The van der Waals surface area contributed by atoms with Crippen LogP contribution in [0.1, 0.15) is 65.3 Å². The van der Waals surface area contributed by atoms with E-state index in [0.717, 1.165) is 29.5 Å². The zero-order chi connectivity index (χ0) is 21.4. The van der Waals surface area contributed by atoms with Crippen molar-refractivity contribution in [1.82, 2.24) is 0 Å². The lowest BCUT2D eigenvalue weighted by molar-refractivity contribution is -0.127. The molecule has 30 heavy (non-hydrogen) atoms. The van der Waals surface area contributed by atoms with Crippen LogP contribution in [-0.4, -0.2) is 45.3 Å². The first-order chi connectivity index (χ1) is 14.4. The van der Waals surface area contributed by atoms with Gasteiger partial charge in [-0.2, -0.15) is 0 Å². The third-order valence-corrected chi connectivity index (χ3v) is 6.62. The van der Waals surface area contributed by atoms with E-state index in [4.69, 9.17) is 0 Å². The van der Waals surface area contributed by atoms with Crippen LogP contribution >= 0.6 is 0 Å². The molecule has 0 bridgehead atoms. The van der Waals surface area contributed by atoms with Gasteiger partial charge in [-0.1, -0.05) is 42.5 Å². The highest BCUT2D eigenvalue weighted by Crippen LogP contribution is 2.44. The lowest BCUT2D eigenvalue weighted by atomic mass is 9.72. The van der Waals surface area contributed by atoms with Crippen LogP contribution in [0, 0.1) is 5.92 Å². The second-order valence-electron chi connectivity index (χ2n) is 8.71. The smallest absolute Gasteiger partial charge is 0.263 e. The van der Waals surface area contributed by atoms with Crippen molar-refractivity contribution in [3.8, 4) is 0 Å². The monoisotopic (exact) mass is 418 g/mol. The number of benzene rings is 2. The van der Waals surface area contributed by atoms with Gasteiger partial charge in [0.25, 0.3) is 6.43 Å². The molecule has 2 aromatic rings. The Balaban J connectivity index is 1.63. The lowest BCUT2D eigenvalue weighted by Crippen LogP contribution is -2.51. The van der Waals surface area contributed by atoms with Crippen LogP contribution in [0.5, 0.6) is 0 Å². The molecule has 2 aliphatic rings. The van der Waals surface area contributed by atoms with Crippen LogP contribution < -0.4 is 0 Å². The topological polar surface area (TPSA) is 80.9 Å². The molecule has 0 heterocycles. The van der Waals surface area contributed by atoms with E-state index in [1.54, 1.807) is 12.1 Å². The zero-order valence-corrected chi connectivity index (χ0v) is 16.7. The van der Waals surface area contributed by atoms with Crippen molar-refractivity contribution in [2.24, 2.45) is 5.92 Å². The Morgan fingerprint density at radius 3 is 2.20 bits per heavy atom. The molecule has 0 amide bonds. The van der Waals surface area contributed by atoms with E-state index in [1.807, 2.05) is 12.1 Å². The molecule has 0 aliphatic heterocycles.